The lowest BCUT2D eigenvalue weighted by Gasteiger charge is -2.17. The van der Waals surface area contributed by atoms with Gasteiger partial charge in [-0.3, -0.25) is 16.0 Å². The average Bonchev–Trinajstić information content (AvgIpc) is 2.83. The Hall–Kier alpha value is -1.17. The van der Waals surface area contributed by atoms with Gasteiger partial charge in [-0.15, -0.1) is 0 Å². The Balaban J connectivity index is 2.16. The molecular formula is C16H23BrN4. The van der Waals surface area contributed by atoms with Crippen LogP contribution in [-0.2, 0) is 25.8 Å². The highest BCUT2D eigenvalue weighted by Crippen LogP contribution is 2.24. The summed E-state index contributed by atoms with van der Waals surface area (Å²) in [7, 11) is 0. The topological polar surface area (TPSA) is 55.9 Å². The van der Waals surface area contributed by atoms with Crippen LogP contribution in [0.2, 0.25) is 0 Å². The van der Waals surface area contributed by atoms with Gasteiger partial charge in [0, 0.05) is 19.0 Å². The van der Waals surface area contributed by atoms with Crippen molar-refractivity contribution < 1.29 is 0 Å². The number of benzene rings is 1. The van der Waals surface area contributed by atoms with E-state index in [0.717, 1.165) is 36.0 Å². The lowest BCUT2D eigenvalue weighted by molar-refractivity contribution is 0.495. The zero-order valence-corrected chi connectivity index (χ0v) is 14.2. The summed E-state index contributed by atoms with van der Waals surface area (Å²) in [6.45, 7) is 5.11. The third kappa shape index (κ3) is 3.93. The smallest absolute Gasteiger partial charge is 0.0766 e. The van der Waals surface area contributed by atoms with Crippen molar-refractivity contribution in [2.75, 3.05) is 0 Å². The first-order chi connectivity index (χ1) is 10.2. The minimum atomic E-state index is 0.190. The molecule has 5 heteroatoms. The predicted octanol–water partition coefficient (Wildman–Crippen LogP) is 2.84. The number of aryl methyl sites for hydroxylation is 2. The van der Waals surface area contributed by atoms with Crippen LogP contribution in [0.5, 0.6) is 0 Å². The van der Waals surface area contributed by atoms with Crippen LogP contribution >= 0.6 is 15.9 Å². The molecule has 0 bridgehead atoms. The van der Waals surface area contributed by atoms with Crippen molar-refractivity contribution in [1.29, 1.82) is 0 Å². The lowest BCUT2D eigenvalue weighted by Crippen LogP contribution is -2.39. The summed E-state index contributed by atoms with van der Waals surface area (Å²) in [6.07, 6.45) is 2.69. The number of nitrogens with one attached hydrogen (secondary N) is 1. The number of nitrogens with zero attached hydrogens (tertiary/aromatic N) is 2. The van der Waals surface area contributed by atoms with Crippen LogP contribution in [-0.4, -0.2) is 15.8 Å². The quantitative estimate of drug-likeness (QED) is 0.596. The van der Waals surface area contributed by atoms with E-state index in [9.17, 15) is 0 Å². The van der Waals surface area contributed by atoms with E-state index in [1.165, 1.54) is 11.3 Å². The number of halogens is 1. The minimum absolute atomic E-state index is 0.190. The Morgan fingerprint density at radius 3 is 2.52 bits per heavy atom. The summed E-state index contributed by atoms with van der Waals surface area (Å²) in [5.41, 5.74) is 6.56. The second-order valence-electron chi connectivity index (χ2n) is 5.13. The number of hydrogen-bond donors (Lipinski definition) is 2. The molecule has 0 fully saturated rings. The van der Waals surface area contributed by atoms with Crippen LogP contribution < -0.4 is 11.3 Å². The van der Waals surface area contributed by atoms with Gasteiger partial charge in [0.05, 0.1) is 15.9 Å². The first-order valence-corrected chi connectivity index (χ1v) is 8.22. The van der Waals surface area contributed by atoms with E-state index in [-0.39, 0.29) is 6.04 Å². The van der Waals surface area contributed by atoms with Crippen LogP contribution in [0.3, 0.4) is 0 Å². The average molecular weight is 351 g/mol. The molecule has 0 saturated heterocycles. The summed E-state index contributed by atoms with van der Waals surface area (Å²) in [5, 5.41) is 4.64. The summed E-state index contributed by atoms with van der Waals surface area (Å²) in [5.74, 6) is 5.75. The van der Waals surface area contributed by atoms with E-state index in [2.05, 4.69) is 69.2 Å². The zero-order valence-electron chi connectivity index (χ0n) is 12.6. The Morgan fingerprint density at radius 1 is 1.24 bits per heavy atom. The molecule has 114 valence electrons. The van der Waals surface area contributed by atoms with Gasteiger partial charge in [-0.2, -0.15) is 5.10 Å². The molecule has 0 aliphatic rings. The Morgan fingerprint density at radius 2 is 1.95 bits per heavy atom. The molecule has 0 radical (unpaired) electrons. The van der Waals surface area contributed by atoms with Gasteiger partial charge in [0.25, 0.3) is 0 Å². The highest BCUT2D eigenvalue weighted by Gasteiger charge is 2.18. The summed E-state index contributed by atoms with van der Waals surface area (Å²) >= 11 is 3.69. The first-order valence-electron chi connectivity index (χ1n) is 7.43. The molecule has 0 aliphatic heterocycles. The SMILES string of the molecule is CCc1nn(CC)c(CC(Cc2ccccc2)NN)c1Br. The molecule has 0 aliphatic carbocycles. The van der Waals surface area contributed by atoms with Gasteiger partial charge in [0.15, 0.2) is 0 Å². The largest absolute Gasteiger partial charge is 0.271 e. The van der Waals surface area contributed by atoms with Crippen molar-refractivity contribution in [2.24, 2.45) is 5.84 Å². The first kappa shape index (κ1) is 16.2. The van der Waals surface area contributed by atoms with Crippen LogP contribution in [0.25, 0.3) is 0 Å². The molecular weight excluding hydrogens is 328 g/mol. The van der Waals surface area contributed by atoms with Crippen LogP contribution in [0, 0.1) is 0 Å². The van der Waals surface area contributed by atoms with Crippen molar-refractivity contribution in [3.8, 4) is 0 Å². The van der Waals surface area contributed by atoms with E-state index < -0.39 is 0 Å². The predicted molar refractivity (Wildman–Crippen MR) is 89.9 cm³/mol. The summed E-state index contributed by atoms with van der Waals surface area (Å²) in [4.78, 5) is 0. The van der Waals surface area contributed by atoms with Gasteiger partial charge in [-0.05, 0) is 41.3 Å². The zero-order chi connectivity index (χ0) is 15.2. The third-order valence-corrected chi connectivity index (χ3v) is 4.61. The van der Waals surface area contributed by atoms with Gasteiger partial charge in [-0.1, -0.05) is 37.3 Å². The van der Waals surface area contributed by atoms with E-state index in [1.54, 1.807) is 0 Å². The highest BCUT2D eigenvalue weighted by atomic mass is 79.9. The molecule has 4 nitrogen and oxygen atoms in total. The second kappa shape index (κ2) is 7.73. The Labute approximate surface area is 134 Å². The van der Waals surface area contributed by atoms with Crippen molar-refractivity contribution >= 4 is 15.9 Å². The van der Waals surface area contributed by atoms with E-state index in [4.69, 9.17) is 5.84 Å². The third-order valence-electron chi connectivity index (χ3n) is 3.69. The number of hydrazine groups is 1. The maximum atomic E-state index is 5.75. The maximum absolute atomic E-state index is 5.75. The molecule has 1 atom stereocenters. The summed E-state index contributed by atoms with van der Waals surface area (Å²) in [6, 6.07) is 10.6. The standard InChI is InChI=1S/C16H23BrN4/c1-3-14-16(17)15(21(4-2)20-14)11-13(19-18)10-12-8-6-5-7-9-12/h5-9,13,19H,3-4,10-11,18H2,1-2H3. The minimum Gasteiger partial charge on any atom is -0.271 e. The fourth-order valence-electron chi connectivity index (χ4n) is 2.53. The fraction of sp³-hybridized carbons (Fsp3) is 0.438. The highest BCUT2D eigenvalue weighted by molar-refractivity contribution is 9.10. The number of hydrogen-bond acceptors (Lipinski definition) is 3. The van der Waals surface area contributed by atoms with Crippen molar-refractivity contribution in [2.45, 2.75) is 45.7 Å². The molecule has 1 aromatic heterocycles. The molecule has 1 heterocycles. The van der Waals surface area contributed by atoms with Crippen molar-refractivity contribution in [1.82, 2.24) is 15.2 Å². The molecule has 2 rings (SSSR count). The van der Waals surface area contributed by atoms with Crippen molar-refractivity contribution in [3.05, 3.63) is 51.8 Å². The van der Waals surface area contributed by atoms with Gasteiger partial charge < -0.3 is 0 Å². The number of nitrogens with two attached hydrogens (primary N) is 1. The normalized spacial score (nSPS) is 12.6. The molecule has 0 saturated carbocycles. The molecule has 1 aromatic carbocycles. The molecule has 0 amide bonds. The van der Waals surface area contributed by atoms with Crippen LogP contribution in [0.4, 0.5) is 0 Å². The van der Waals surface area contributed by atoms with Crippen molar-refractivity contribution in [3.63, 3.8) is 0 Å². The maximum Gasteiger partial charge on any atom is 0.0766 e. The molecule has 3 N–H and O–H groups in total. The molecule has 1 unspecified atom stereocenters. The Bertz CT molecular complexity index is 565. The van der Waals surface area contributed by atoms with Gasteiger partial charge >= 0.3 is 0 Å². The number of aromatic nitrogens is 2. The van der Waals surface area contributed by atoms with Crippen LogP contribution in [0.1, 0.15) is 30.8 Å². The Kier molecular flexibility index (Phi) is 5.96. The van der Waals surface area contributed by atoms with E-state index in [0.29, 0.717) is 0 Å². The van der Waals surface area contributed by atoms with Crippen LogP contribution in [0.15, 0.2) is 34.8 Å². The molecule has 21 heavy (non-hydrogen) atoms. The monoisotopic (exact) mass is 350 g/mol. The van der Waals surface area contributed by atoms with Gasteiger partial charge in [0.1, 0.15) is 0 Å². The molecule has 2 aromatic rings. The van der Waals surface area contributed by atoms with Gasteiger partial charge in [-0.25, -0.2) is 0 Å². The summed E-state index contributed by atoms with van der Waals surface area (Å²) < 4.78 is 3.19. The number of rotatable bonds is 7. The van der Waals surface area contributed by atoms with E-state index in [1.807, 2.05) is 6.07 Å². The van der Waals surface area contributed by atoms with Gasteiger partial charge in [0.2, 0.25) is 0 Å². The lowest BCUT2D eigenvalue weighted by atomic mass is 10.0. The van der Waals surface area contributed by atoms with E-state index >= 15 is 0 Å². The second-order valence-corrected chi connectivity index (χ2v) is 5.93. The molecule has 0 spiro atoms. The fourth-order valence-corrected chi connectivity index (χ4v) is 3.26.